The van der Waals surface area contributed by atoms with E-state index >= 15 is 0 Å². The lowest BCUT2D eigenvalue weighted by atomic mass is 10.1. The standard InChI is InChI=1S/C20H21BrN4O4S/c1-22-8-10-23(11-9-22)13-15-14-24(19-7-6-16(25(26)27)12-17(15)19)30(28,29)20-5-3-2-4-18(20)21/h2-7,12,14H,8-11,13H2,1H3. The van der Waals surface area contributed by atoms with Gasteiger partial charge in [0.05, 0.1) is 10.4 Å². The Morgan fingerprint density at radius 3 is 2.47 bits per heavy atom. The van der Waals surface area contributed by atoms with Gasteiger partial charge < -0.3 is 4.90 Å². The largest absolute Gasteiger partial charge is 0.304 e. The Morgan fingerprint density at radius 1 is 1.10 bits per heavy atom. The minimum atomic E-state index is -3.88. The number of hydrogen-bond acceptors (Lipinski definition) is 6. The smallest absolute Gasteiger partial charge is 0.270 e. The van der Waals surface area contributed by atoms with Crippen LogP contribution in [-0.4, -0.2) is 60.3 Å². The molecule has 1 fully saturated rings. The Bertz CT molecular complexity index is 1220. The molecule has 0 bridgehead atoms. The van der Waals surface area contributed by atoms with Gasteiger partial charge in [-0.3, -0.25) is 15.0 Å². The minimum Gasteiger partial charge on any atom is -0.304 e. The summed E-state index contributed by atoms with van der Waals surface area (Å²) in [4.78, 5) is 15.5. The summed E-state index contributed by atoms with van der Waals surface area (Å²) >= 11 is 3.32. The number of piperazine rings is 1. The van der Waals surface area contributed by atoms with Gasteiger partial charge in [-0.2, -0.15) is 0 Å². The zero-order valence-electron chi connectivity index (χ0n) is 16.4. The van der Waals surface area contributed by atoms with Crippen molar-refractivity contribution < 1.29 is 13.3 Å². The van der Waals surface area contributed by atoms with Crippen molar-refractivity contribution in [3.63, 3.8) is 0 Å². The predicted octanol–water partition coefficient (Wildman–Crippen LogP) is 3.30. The molecule has 0 aliphatic carbocycles. The molecule has 0 unspecified atom stereocenters. The van der Waals surface area contributed by atoms with Crippen LogP contribution in [0.15, 0.2) is 58.0 Å². The zero-order valence-corrected chi connectivity index (χ0v) is 18.8. The van der Waals surface area contributed by atoms with E-state index in [0.29, 0.717) is 21.9 Å². The SMILES string of the molecule is CN1CCN(Cc2cn(S(=O)(=O)c3ccccc3Br)c3ccc([N+](=O)[O-])cc23)CC1. The Balaban J connectivity index is 1.84. The second kappa shape index (κ2) is 8.10. The highest BCUT2D eigenvalue weighted by molar-refractivity contribution is 9.10. The van der Waals surface area contributed by atoms with Crippen LogP contribution in [0.4, 0.5) is 5.69 Å². The number of nitro benzene ring substituents is 1. The van der Waals surface area contributed by atoms with Crippen molar-refractivity contribution in [3.05, 3.63) is 68.8 Å². The van der Waals surface area contributed by atoms with Crippen LogP contribution in [0.5, 0.6) is 0 Å². The molecule has 8 nitrogen and oxygen atoms in total. The maximum Gasteiger partial charge on any atom is 0.270 e. The molecule has 2 heterocycles. The number of likely N-dealkylation sites (N-methyl/N-ethyl adjacent to an activating group) is 1. The molecule has 1 aliphatic heterocycles. The van der Waals surface area contributed by atoms with Gasteiger partial charge in [0.25, 0.3) is 15.7 Å². The maximum absolute atomic E-state index is 13.4. The van der Waals surface area contributed by atoms with Crippen LogP contribution in [0.2, 0.25) is 0 Å². The number of benzene rings is 2. The highest BCUT2D eigenvalue weighted by Gasteiger charge is 2.25. The molecule has 158 valence electrons. The monoisotopic (exact) mass is 492 g/mol. The van der Waals surface area contributed by atoms with Crippen molar-refractivity contribution >= 4 is 42.5 Å². The van der Waals surface area contributed by atoms with Crippen LogP contribution in [0, 0.1) is 10.1 Å². The van der Waals surface area contributed by atoms with E-state index in [9.17, 15) is 18.5 Å². The first-order valence-electron chi connectivity index (χ1n) is 9.47. The van der Waals surface area contributed by atoms with Gasteiger partial charge in [0.2, 0.25) is 0 Å². The topological polar surface area (TPSA) is 88.7 Å². The summed E-state index contributed by atoms with van der Waals surface area (Å²) in [7, 11) is -1.82. The van der Waals surface area contributed by atoms with Crippen LogP contribution >= 0.6 is 15.9 Å². The molecule has 1 saturated heterocycles. The van der Waals surface area contributed by atoms with Crippen LogP contribution in [-0.2, 0) is 16.6 Å². The molecular formula is C20H21BrN4O4S. The van der Waals surface area contributed by atoms with E-state index in [2.05, 4.69) is 32.8 Å². The number of fused-ring (bicyclic) bond motifs is 1. The first-order chi connectivity index (χ1) is 14.3. The Hall–Kier alpha value is -2.27. The predicted molar refractivity (Wildman–Crippen MR) is 118 cm³/mol. The van der Waals surface area contributed by atoms with Crippen molar-refractivity contribution in [1.82, 2.24) is 13.8 Å². The molecule has 1 aliphatic rings. The second-order valence-corrected chi connectivity index (χ2v) is 10.1. The molecule has 10 heteroatoms. The summed E-state index contributed by atoms with van der Waals surface area (Å²) in [6.07, 6.45) is 1.60. The molecule has 0 saturated carbocycles. The van der Waals surface area contributed by atoms with Gasteiger partial charge >= 0.3 is 0 Å². The highest BCUT2D eigenvalue weighted by Crippen LogP contribution is 2.32. The first-order valence-corrected chi connectivity index (χ1v) is 11.7. The lowest BCUT2D eigenvalue weighted by molar-refractivity contribution is -0.384. The lowest BCUT2D eigenvalue weighted by Crippen LogP contribution is -2.43. The molecule has 0 radical (unpaired) electrons. The van der Waals surface area contributed by atoms with Crippen molar-refractivity contribution in [2.75, 3.05) is 33.2 Å². The van der Waals surface area contributed by atoms with Crippen molar-refractivity contribution in [2.24, 2.45) is 0 Å². The van der Waals surface area contributed by atoms with Gasteiger partial charge in [0, 0.05) is 60.9 Å². The molecular weight excluding hydrogens is 472 g/mol. The van der Waals surface area contributed by atoms with Gasteiger partial charge in [-0.15, -0.1) is 0 Å². The molecule has 1 aromatic heterocycles. The number of nitrogens with zero attached hydrogens (tertiary/aromatic N) is 4. The minimum absolute atomic E-state index is 0.0573. The summed E-state index contributed by atoms with van der Waals surface area (Å²) < 4.78 is 28.5. The quantitative estimate of drug-likeness (QED) is 0.401. The van der Waals surface area contributed by atoms with Gasteiger partial charge in [-0.25, -0.2) is 12.4 Å². The zero-order chi connectivity index (χ0) is 21.5. The fourth-order valence-corrected chi connectivity index (χ4v) is 6.06. The number of halogens is 1. The third kappa shape index (κ3) is 3.87. The van der Waals surface area contributed by atoms with E-state index in [-0.39, 0.29) is 10.6 Å². The normalized spacial score (nSPS) is 16.2. The average Bonchev–Trinajstić information content (AvgIpc) is 3.08. The number of non-ortho nitro benzene ring substituents is 1. The van der Waals surface area contributed by atoms with Gasteiger partial charge in [-0.1, -0.05) is 12.1 Å². The average molecular weight is 493 g/mol. The summed E-state index contributed by atoms with van der Waals surface area (Å²) in [5.74, 6) is 0. The number of rotatable bonds is 5. The van der Waals surface area contributed by atoms with E-state index in [1.807, 2.05) is 0 Å². The maximum atomic E-state index is 13.4. The fourth-order valence-electron chi connectivity index (χ4n) is 3.70. The van der Waals surface area contributed by atoms with Crippen LogP contribution < -0.4 is 0 Å². The summed E-state index contributed by atoms with van der Waals surface area (Å²) in [6, 6.07) is 10.9. The van der Waals surface area contributed by atoms with Crippen molar-refractivity contribution in [1.29, 1.82) is 0 Å². The fraction of sp³-hybridized carbons (Fsp3) is 0.300. The summed E-state index contributed by atoms with van der Waals surface area (Å²) in [6.45, 7) is 4.09. The number of nitro groups is 1. The molecule has 4 rings (SSSR count). The third-order valence-electron chi connectivity index (χ3n) is 5.41. The van der Waals surface area contributed by atoms with Crippen molar-refractivity contribution in [3.8, 4) is 0 Å². The second-order valence-electron chi connectivity index (χ2n) is 7.42. The molecule has 3 aromatic rings. The summed E-state index contributed by atoms with van der Waals surface area (Å²) in [5, 5.41) is 11.9. The molecule has 30 heavy (non-hydrogen) atoms. The highest BCUT2D eigenvalue weighted by atomic mass is 79.9. The van der Waals surface area contributed by atoms with Gasteiger partial charge in [0.15, 0.2) is 0 Å². The van der Waals surface area contributed by atoms with E-state index in [1.54, 1.807) is 24.4 Å². The molecule has 0 N–H and O–H groups in total. The van der Waals surface area contributed by atoms with Gasteiger partial charge in [0.1, 0.15) is 4.90 Å². The Labute approximate surface area is 183 Å². The van der Waals surface area contributed by atoms with Crippen LogP contribution in [0.3, 0.4) is 0 Å². The lowest BCUT2D eigenvalue weighted by Gasteiger charge is -2.32. The van der Waals surface area contributed by atoms with Crippen molar-refractivity contribution in [2.45, 2.75) is 11.4 Å². The first kappa shape index (κ1) is 21.0. The number of hydrogen-bond donors (Lipinski definition) is 0. The molecule has 0 atom stereocenters. The van der Waals surface area contributed by atoms with Gasteiger partial charge in [-0.05, 0) is 46.7 Å². The van der Waals surface area contributed by atoms with Crippen LogP contribution in [0.25, 0.3) is 10.9 Å². The van der Waals surface area contributed by atoms with E-state index in [1.165, 1.54) is 28.2 Å². The van der Waals surface area contributed by atoms with E-state index in [4.69, 9.17) is 0 Å². The molecule has 2 aromatic carbocycles. The van der Waals surface area contributed by atoms with Crippen LogP contribution in [0.1, 0.15) is 5.56 Å². The number of aromatic nitrogens is 1. The van der Waals surface area contributed by atoms with E-state index in [0.717, 1.165) is 31.7 Å². The molecule has 0 amide bonds. The Morgan fingerprint density at radius 2 is 1.80 bits per heavy atom. The molecule has 0 spiro atoms. The Kier molecular flexibility index (Phi) is 5.67. The summed E-state index contributed by atoms with van der Waals surface area (Å²) in [5.41, 5.74) is 1.13. The third-order valence-corrected chi connectivity index (χ3v) is 8.10. The van der Waals surface area contributed by atoms with E-state index < -0.39 is 14.9 Å².